The molecule has 1 saturated heterocycles. The van der Waals surface area contributed by atoms with Crippen LogP contribution in [0.2, 0.25) is 0 Å². The first kappa shape index (κ1) is 17.5. The molecule has 1 aromatic heterocycles. The van der Waals surface area contributed by atoms with Crippen molar-refractivity contribution in [2.45, 2.75) is 51.4 Å². The zero-order chi connectivity index (χ0) is 19.1. The van der Waals surface area contributed by atoms with Crippen LogP contribution >= 0.6 is 0 Å². The SMILES string of the molecule is CC1Cc2c(ncc3c2N(C2CCN(Cc4ccccc4)CC2)C(=O)NC3)N1. The summed E-state index contributed by atoms with van der Waals surface area (Å²) >= 11 is 0. The van der Waals surface area contributed by atoms with Crippen molar-refractivity contribution in [1.29, 1.82) is 0 Å². The van der Waals surface area contributed by atoms with Crippen LogP contribution in [0.3, 0.4) is 0 Å². The molecule has 1 atom stereocenters. The Labute approximate surface area is 165 Å². The fourth-order valence-electron chi connectivity index (χ4n) is 4.81. The highest BCUT2D eigenvalue weighted by molar-refractivity contribution is 5.97. The highest BCUT2D eigenvalue weighted by Gasteiger charge is 2.37. The van der Waals surface area contributed by atoms with E-state index in [1.54, 1.807) is 0 Å². The molecule has 3 aliphatic rings. The molecule has 0 radical (unpaired) electrons. The first-order valence-corrected chi connectivity index (χ1v) is 10.3. The number of pyridine rings is 1. The first-order chi connectivity index (χ1) is 13.7. The van der Waals surface area contributed by atoms with E-state index < -0.39 is 0 Å². The van der Waals surface area contributed by atoms with Crippen molar-refractivity contribution >= 4 is 17.5 Å². The Hall–Kier alpha value is -2.60. The molecule has 5 rings (SSSR count). The second-order valence-corrected chi connectivity index (χ2v) is 8.23. The first-order valence-electron chi connectivity index (χ1n) is 10.3. The molecule has 6 nitrogen and oxygen atoms in total. The highest BCUT2D eigenvalue weighted by Crippen LogP contribution is 2.39. The maximum Gasteiger partial charge on any atom is 0.322 e. The van der Waals surface area contributed by atoms with Crippen molar-refractivity contribution < 1.29 is 4.79 Å². The van der Waals surface area contributed by atoms with Crippen LogP contribution in [0.4, 0.5) is 16.3 Å². The number of nitrogens with zero attached hydrogens (tertiary/aromatic N) is 3. The number of urea groups is 1. The van der Waals surface area contributed by atoms with Gasteiger partial charge in [0.2, 0.25) is 0 Å². The number of hydrogen-bond acceptors (Lipinski definition) is 4. The normalized spacial score (nSPS) is 22.4. The highest BCUT2D eigenvalue weighted by atomic mass is 16.2. The fraction of sp³-hybridized carbons (Fsp3) is 0.455. The van der Waals surface area contributed by atoms with Gasteiger partial charge in [-0.15, -0.1) is 0 Å². The van der Waals surface area contributed by atoms with Gasteiger partial charge in [0.05, 0.1) is 5.69 Å². The second kappa shape index (κ2) is 7.09. The molecule has 4 heterocycles. The van der Waals surface area contributed by atoms with Crippen LogP contribution in [0.25, 0.3) is 0 Å². The molecule has 2 amide bonds. The van der Waals surface area contributed by atoms with Gasteiger partial charge in [0.25, 0.3) is 0 Å². The summed E-state index contributed by atoms with van der Waals surface area (Å²) < 4.78 is 0. The van der Waals surface area contributed by atoms with E-state index >= 15 is 0 Å². The van der Waals surface area contributed by atoms with E-state index in [1.807, 2.05) is 11.1 Å². The number of rotatable bonds is 3. The monoisotopic (exact) mass is 377 g/mol. The van der Waals surface area contributed by atoms with E-state index in [4.69, 9.17) is 0 Å². The van der Waals surface area contributed by atoms with Gasteiger partial charge >= 0.3 is 6.03 Å². The van der Waals surface area contributed by atoms with E-state index in [1.165, 1.54) is 11.1 Å². The summed E-state index contributed by atoms with van der Waals surface area (Å²) in [5.41, 5.74) is 4.82. The zero-order valence-electron chi connectivity index (χ0n) is 16.3. The predicted molar refractivity (Wildman–Crippen MR) is 110 cm³/mol. The number of benzene rings is 1. The standard InChI is InChI=1S/C22H27N5O/c1-15-11-19-20-17(12-23-21(19)25-15)13-24-22(28)27(20)18-7-9-26(10-8-18)14-16-5-3-2-4-6-16/h2-6,12,15,18H,7-11,13-14H2,1H3,(H,23,25)(H,24,28). The minimum absolute atomic E-state index is 0.0435. The molecule has 2 N–H and O–H groups in total. The molecular weight excluding hydrogens is 350 g/mol. The molecule has 3 aliphatic heterocycles. The Balaban J connectivity index is 1.35. The van der Waals surface area contributed by atoms with Crippen molar-refractivity contribution in [2.24, 2.45) is 0 Å². The summed E-state index contributed by atoms with van der Waals surface area (Å²) in [6.45, 7) is 5.76. The number of fused-ring (bicyclic) bond motifs is 3. The number of aromatic nitrogens is 1. The van der Waals surface area contributed by atoms with E-state index in [-0.39, 0.29) is 12.1 Å². The van der Waals surface area contributed by atoms with Gasteiger partial charge in [-0.25, -0.2) is 9.78 Å². The van der Waals surface area contributed by atoms with Gasteiger partial charge in [-0.05, 0) is 31.7 Å². The molecule has 1 fully saturated rings. The average Bonchev–Trinajstić information content (AvgIpc) is 3.10. The smallest absolute Gasteiger partial charge is 0.322 e. The van der Waals surface area contributed by atoms with E-state index in [9.17, 15) is 4.79 Å². The van der Waals surface area contributed by atoms with Crippen molar-refractivity contribution in [1.82, 2.24) is 15.2 Å². The van der Waals surface area contributed by atoms with Gasteiger partial charge in [0.1, 0.15) is 5.82 Å². The number of piperidine rings is 1. The number of hydrogen-bond donors (Lipinski definition) is 2. The van der Waals surface area contributed by atoms with Crippen LogP contribution in [0.15, 0.2) is 36.5 Å². The topological polar surface area (TPSA) is 60.5 Å². The largest absolute Gasteiger partial charge is 0.367 e. The Morgan fingerprint density at radius 1 is 1.18 bits per heavy atom. The summed E-state index contributed by atoms with van der Waals surface area (Å²) in [5.74, 6) is 0.951. The van der Waals surface area contributed by atoms with Crippen molar-refractivity contribution in [3.63, 3.8) is 0 Å². The van der Waals surface area contributed by atoms with Gasteiger partial charge in [-0.1, -0.05) is 30.3 Å². The molecule has 2 aromatic rings. The number of amides is 2. The molecule has 28 heavy (non-hydrogen) atoms. The zero-order valence-corrected chi connectivity index (χ0v) is 16.3. The molecule has 0 bridgehead atoms. The van der Waals surface area contributed by atoms with E-state index in [2.05, 4.69) is 57.8 Å². The molecule has 0 saturated carbocycles. The summed E-state index contributed by atoms with van der Waals surface area (Å²) in [6, 6.07) is 11.3. The predicted octanol–water partition coefficient (Wildman–Crippen LogP) is 3.13. The minimum Gasteiger partial charge on any atom is -0.367 e. The molecule has 0 spiro atoms. The van der Waals surface area contributed by atoms with Crippen molar-refractivity contribution in [3.8, 4) is 0 Å². The van der Waals surface area contributed by atoms with E-state index in [0.29, 0.717) is 12.6 Å². The quantitative estimate of drug-likeness (QED) is 0.863. The van der Waals surface area contributed by atoms with Gasteiger partial charge < -0.3 is 10.6 Å². The lowest BCUT2D eigenvalue weighted by atomic mass is 9.97. The number of carbonyl (C=O) groups excluding carboxylic acids is 1. The number of nitrogens with one attached hydrogen (secondary N) is 2. The lowest BCUT2D eigenvalue weighted by Gasteiger charge is -2.41. The van der Waals surface area contributed by atoms with Crippen LogP contribution in [-0.4, -0.2) is 41.1 Å². The average molecular weight is 377 g/mol. The Kier molecular flexibility index (Phi) is 4.43. The fourth-order valence-corrected chi connectivity index (χ4v) is 4.81. The van der Waals surface area contributed by atoms with Gasteiger partial charge in [0, 0.05) is 55.6 Å². The summed E-state index contributed by atoms with van der Waals surface area (Å²) in [6.07, 6.45) is 4.86. The van der Waals surface area contributed by atoms with Crippen LogP contribution in [0.1, 0.15) is 36.5 Å². The second-order valence-electron chi connectivity index (χ2n) is 8.23. The maximum absolute atomic E-state index is 12.9. The molecule has 0 aliphatic carbocycles. The van der Waals surface area contributed by atoms with Crippen LogP contribution in [-0.2, 0) is 19.5 Å². The summed E-state index contributed by atoms with van der Waals surface area (Å²) in [7, 11) is 0. The summed E-state index contributed by atoms with van der Waals surface area (Å²) in [5, 5.41) is 6.49. The van der Waals surface area contributed by atoms with Gasteiger partial charge in [-0.3, -0.25) is 9.80 Å². The molecule has 6 heteroatoms. The Morgan fingerprint density at radius 3 is 2.75 bits per heavy atom. The summed E-state index contributed by atoms with van der Waals surface area (Å²) in [4.78, 5) is 22.0. The molecule has 146 valence electrons. The molecular formula is C22H27N5O. The lowest BCUT2D eigenvalue weighted by Crippen LogP contribution is -2.53. The minimum atomic E-state index is 0.0435. The molecule has 1 unspecified atom stereocenters. The number of carbonyl (C=O) groups is 1. The number of likely N-dealkylation sites (tertiary alicyclic amines) is 1. The van der Waals surface area contributed by atoms with Gasteiger partial charge in [0.15, 0.2) is 0 Å². The van der Waals surface area contributed by atoms with Crippen LogP contribution in [0.5, 0.6) is 0 Å². The third kappa shape index (κ3) is 3.11. The van der Waals surface area contributed by atoms with Crippen molar-refractivity contribution in [2.75, 3.05) is 23.3 Å². The lowest BCUT2D eigenvalue weighted by molar-refractivity contribution is 0.196. The van der Waals surface area contributed by atoms with Crippen LogP contribution in [0, 0.1) is 0 Å². The molecule has 1 aromatic carbocycles. The van der Waals surface area contributed by atoms with Gasteiger partial charge in [-0.2, -0.15) is 0 Å². The Bertz CT molecular complexity index is 876. The Morgan fingerprint density at radius 2 is 1.96 bits per heavy atom. The van der Waals surface area contributed by atoms with E-state index in [0.717, 1.165) is 56.0 Å². The van der Waals surface area contributed by atoms with Crippen LogP contribution < -0.4 is 15.5 Å². The third-order valence-corrected chi connectivity index (χ3v) is 6.18. The number of anilines is 2. The maximum atomic E-state index is 12.9. The third-order valence-electron chi connectivity index (χ3n) is 6.18. The van der Waals surface area contributed by atoms with Crippen molar-refractivity contribution in [3.05, 3.63) is 53.2 Å².